The van der Waals surface area contributed by atoms with E-state index in [4.69, 9.17) is 37.0 Å². The number of hydrogen-bond donors (Lipinski definition) is 3. The van der Waals surface area contributed by atoms with E-state index >= 15 is 0 Å². The molecule has 606 valence electrons. The molecule has 0 aliphatic rings. The quantitative estimate of drug-likeness (QED) is 0.0222. The smallest absolute Gasteiger partial charge is 0.462 e. The predicted octanol–water partition coefficient (Wildman–Crippen LogP) is 25.2. The molecule has 0 radical (unpaired) electrons. The van der Waals surface area contributed by atoms with Crippen molar-refractivity contribution in [2.45, 2.75) is 464 Å². The Bertz CT molecular complexity index is 1940. The summed E-state index contributed by atoms with van der Waals surface area (Å²) in [6.07, 6.45) is 68.2. The maximum Gasteiger partial charge on any atom is 0.472 e. The minimum absolute atomic E-state index is 0.105. The molecule has 0 aromatic heterocycles. The molecule has 0 saturated carbocycles. The predicted molar refractivity (Wildman–Crippen MR) is 418 cm³/mol. The van der Waals surface area contributed by atoms with Crippen LogP contribution in [0.25, 0.3) is 0 Å². The van der Waals surface area contributed by atoms with Gasteiger partial charge in [0.1, 0.15) is 19.3 Å². The van der Waals surface area contributed by atoms with Crippen LogP contribution in [-0.2, 0) is 65.4 Å². The highest BCUT2D eigenvalue weighted by Crippen LogP contribution is 2.45. The Balaban J connectivity index is 5.20. The Morgan fingerprint density at radius 2 is 0.451 bits per heavy atom. The van der Waals surface area contributed by atoms with Crippen LogP contribution in [0.3, 0.4) is 0 Å². The van der Waals surface area contributed by atoms with Crippen LogP contribution in [0.1, 0.15) is 446 Å². The second-order valence-electron chi connectivity index (χ2n) is 30.3. The van der Waals surface area contributed by atoms with Gasteiger partial charge in [0.05, 0.1) is 26.4 Å². The van der Waals surface area contributed by atoms with E-state index in [1.54, 1.807) is 0 Å². The van der Waals surface area contributed by atoms with E-state index in [9.17, 15) is 43.2 Å². The molecule has 17 nitrogen and oxygen atoms in total. The molecule has 2 unspecified atom stereocenters. The molecule has 0 heterocycles. The molecular formula is C83H162O17P2. The minimum Gasteiger partial charge on any atom is -0.462 e. The second kappa shape index (κ2) is 75.9. The van der Waals surface area contributed by atoms with Crippen molar-refractivity contribution >= 4 is 39.5 Å². The Hall–Kier alpha value is -1.94. The first-order chi connectivity index (χ1) is 49.5. The third kappa shape index (κ3) is 76.3. The summed E-state index contributed by atoms with van der Waals surface area (Å²) < 4.78 is 68.7. The number of hydrogen-bond acceptors (Lipinski definition) is 15. The van der Waals surface area contributed by atoms with Crippen LogP contribution in [0.5, 0.6) is 0 Å². The normalized spacial score (nSPS) is 13.8. The first-order valence-corrected chi connectivity index (χ1v) is 46.1. The summed E-state index contributed by atoms with van der Waals surface area (Å²) in [5, 5.41) is 10.6. The fraction of sp³-hybridized carbons (Fsp3) is 0.952. The van der Waals surface area contributed by atoms with E-state index in [2.05, 4.69) is 34.6 Å². The van der Waals surface area contributed by atoms with Gasteiger partial charge in [0.25, 0.3) is 0 Å². The topological polar surface area (TPSA) is 237 Å². The van der Waals surface area contributed by atoms with Gasteiger partial charge < -0.3 is 33.8 Å². The van der Waals surface area contributed by atoms with Crippen molar-refractivity contribution in [2.24, 2.45) is 5.92 Å². The third-order valence-electron chi connectivity index (χ3n) is 19.5. The molecule has 0 bridgehead atoms. The van der Waals surface area contributed by atoms with Gasteiger partial charge in [-0.25, -0.2) is 9.13 Å². The van der Waals surface area contributed by atoms with Crippen LogP contribution >= 0.6 is 15.6 Å². The van der Waals surface area contributed by atoms with Gasteiger partial charge in [0.15, 0.2) is 12.2 Å². The monoisotopic (exact) mass is 1490 g/mol. The number of rotatable bonds is 83. The van der Waals surface area contributed by atoms with Crippen molar-refractivity contribution in [1.82, 2.24) is 0 Å². The first-order valence-electron chi connectivity index (χ1n) is 43.1. The number of phosphoric acid groups is 2. The van der Waals surface area contributed by atoms with Crippen LogP contribution in [0.15, 0.2) is 0 Å². The molecule has 0 aromatic rings. The van der Waals surface area contributed by atoms with Crippen LogP contribution < -0.4 is 0 Å². The fourth-order valence-corrected chi connectivity index (χ4v) is 14.5. The fourth-order valence-electron chi connectivity index (χ4n) is 12.9. The Morgan fingerprint density at radius 3 is 0.667 bits per heavy atom. The molecule has 0 saturated heterocycles. The standard InChI is InChI=1S/C83H162O17P2/c1-6-9-12-15-18-21-24-26-28-30-32-33-35-37-39-41-44-47-53-58-63-68-82(87)99-78(72-94-81(86)67-62-57-52-46-43-40-38-36-34-31-29-27-25-22-19-16-13-10-7-2)74-97-101(89,90)95-70-77(84)71-96-102(91,92)98-75-79(100-83(88)69-64-59-54-49-48-50-55-60-65-76(4)5)73-93-80(85)66-61-56-51-45-42-23-20-17-14-11-8-3/h76-79,84H,6-75H2,1-5H3,(H,89,90)(H,91,92)/t77-,78-,79-/m1/s1. The summed E-state index contributed by atoms with van der Waals surface area (Å²) in [6, 6.07) is 0. The van der Waals surface area contributed by atoms with Crippen LogP contribution in [0.4, 0.5) is 0 Å². The van der Waals surface area contributed by atoms with Gasteiger partial charge in [-0.3, -0.25) is 37.3 Å². The number of esters is 4. The highest BCUT2D eigenvalue weighted by Gasteiger charge is 2.30. The van der Waals surface area contributed by atoms with Crippen molar-refractivity contribution in [3.05, 3.63) is 0 Å². The maximum atomic E-state index is 13.1. The molecule has 0 spiro atoms. The van der Waals surface area contributed by atoms with Gasteiger partial charge >= 0.3 is 39.5 Å². The lowest BCUT2D eigenvalue weighted by atomic mass is 10.0. The molecule has 102 heavy (non-hydrogen) atoms. The van der Waals surface area contributed by atoms with Crippen molar-refractivity contribution < 1.29 is 80.2 Å². The SMILES string of the molecule is CCCCCCCCCCCCCCCCCCCCCCCC(=O)O[C@H](COC(=O)CCCCCCCCCCCCCCCCCCCCC)COP(=O)(O)OC[C@@H](O)COP(=O)(O)OC[C@@H](COC(=O)CCCCCCCCCCCCC)OC(=O)CCCCCCCCCCC(C)C. The van der Waals surface area contributed by atoms with Gasteiger partial charge in [-0.05, 0) is 31.6 Å². The molecular weight excluding hydrogens is 1330 g/mol. The Labute approximate surface area is 626 Å². The Morgan fingerprint density at radius 1 is 0.265 bits per heavy atom. The maximum absolute atomic E-state index is 13.1. The molecule has 0 amide bonds. The molecule has 0 fully saturated rings. The second-order valence-corrected chi connectivity index (χ2v) is 33.3. The zero-order valence-electron chi connectivity index (χ0n) is 66.8. The van der Waals surface area contributed by atoms with E-state index in [0.29, 0.717) is 25.7 Å². The highest BCUT2D eigenvalue weighted by molar-refractivity contribution is 7.47. The summed E-state index contributed by atoms with van der Waals surface area (Å²) in [5.74, 6) is -1.39. The number of phosphoric ester groups is 2. The van der Waals surface area contributed by atoms with Crippen LogP contribution in [-0.4, -0.2) is 96.7 Å². The molecule has 0 aliphatic heterocycles. The molecule has 3 N–H and O–H groups in total. The Kier molecular flexibility index (Phi) is 74.4. The van der Waals surface area contributed by atoms with Crippen molar-refractivity contribution in [1.29, 1.82) is 0 Å². The lowest BCUT2D eigenvalue weighted by molar-refractivity contribution is -0.161. The summed E-state index contributed by atoms with van der Waals surface area (Å²) >= 11 is 0. The zero-order chi connectivity index (χ0) is 74.8. The lowest BCUT2D eigenvalue weighted by Gasteiger charge is -2.21. The van der Waals surface area contributed by atoms with E-state index < -0.39 is 97.5 Å². The molecule has 0 aliphatic carbocycles. The van der Waals surface area contributed by atoms with E-state index in [1.165, 1.54) is 270 Å². The number of carbonyl (C=O) groups excluding carboxylic acids is 4. The molecule has 5 atom stereocenters. The third-order valence-corrected chi connectivity index (χ3v) is 21.4. The minimum atomic E-state index is -4.96. The van der Waals surface area contributed by atoms with E-state index in [0.717, 1.165) is 95.8 Å². The van der Waals surface area contributed by atoms with E-state index in [-0.39, 0.29) is 25.7 Å². The van der Waals surface area contributed by atoms with Gasteiger partial charge in [-0.15, -0.1) is 0 Å². The number of carbonyl (C=O) groups is 4. The summed E-state index contributed by atoms with van der Waals surface area (Å²) in [5.41, 5.74) is 0. The summed E-state index contributed by atoms with van der Waals surface area (Å²) in [4.78, 5) is 73.0. The van der Waals surface area contributed by atoms with Crippen molar-refractivity contribution in [3.8, 4) is 0 Å². The average molecular weight is 1490 g/mol. The number of ether oxygens (including phenoxy) is 4. The van der Waals surface area contributed by atoms with Gasteiger partial charge in [-0.2, -0.15) is 0 Å². The summed E-state index contributed by atoms with van der Waals surface area (Å²) in [7, 11) is -9.92. The number of unbranched alkanes of at least 4 members (excludes halogenated alkanes) is 55. The van der Waals surface area contributed by atoms with Gasteiger partial charge in [0.2, 0.25) is 0 Å². The van der Waals surface area contributed by atoms with Crippen LogP contribution in [0, 0.1) is 5.92 Å². The van der Waals surface area contributed by atoms with E-state index in [1.807, 2.05) is 0 Å². The van der Waals surface area contributed by atoms with Gasteiger partial charge in [0, 0.05) is 25.7 Å². The first kappa shape index (κ1) is 100. The lowest BCUT2D eigenvalue weighted by Crippen LogP contribution is -2.30. The highest BCUT2D eigenvalue weighted by atomic mass is 31.2. The molecule has 0 rings (SSSR count). The van der Waals surface area contributed by atoms with Crippen molar-refractivity contribution in [3.63, 3.8) is 0 Å². The van der Waals surface area contributed by atoms with Crippen molar-refractivity contribution in [2.75, 3.05) is 39.6 Å². The number of aliphatic hydroxyl groups excluding tert-OH is 1. The number of aliphatic hydroxyl groups is 1. The largest absolute Gasteiger partial charge is 0.472 e. The molecule has 19 heteroatoms. The van der Waals surface area contributed by atoms with Gasteiger partial charge in [-0.1, -0.05) is 394 Å². The van der Waals surface area contributed by atoms with Crippen LogP contribution in [0.2, 0.25) is 0 Å². The average Bonchev–Trinajstić information content (AvgIpc) is 0.982. The summed E-state index contributed by atoms with van der Waals surface area (Å²) in [6.45, 7) is 7.29. The molecule has 0 aromatic carbocycles. The zero-order valence-corrected chi connectivity index (χ0v) is 68.5.